The van der Waals surface area contributed by atoms with E-state index in [2.05, 4.69) is 5.32 Å². The first-order chi connectivity index (χ1) is 14.4. The summed E-state index contributed by atoms with van der Waals surface area (Å²) < 4.78 is 37.8. The molecule has 7 nitrogen and oxygen atoms in total. The largest absolute Gasteiger partial charge is 0.492 e. The van der Waals surface area contributed by atoms with Crippen LogP contribution in [-0.2, 0) is 14.8 Å². The molecule has 1 aliphatic heterocycles. The smallest absolute Gasteiger partial charge is 0.260 e. The number of aryl methyl sites for hydroxylation is 1. The van der Waals surface area contributed by atoms with Crippen molar-refractivity contribution in [1.82, 2.24) is 9.62 Å². The Balaban J connectivity index is 1.41. The number of hydrogen-bond acceptors (Lipinski definition) is 5. The van der Waals surface area contributed by atoms with Crippen molar-refractivity contribution in [2.45, 2.75) is 37.7 Å². The van der Waals surface area contributed by atoms with E-state index in [1.54, 1.807) is 31.2 Å². The van der Waals surface area contributed by atoms with Crippen LogP contribution in [0, 0.1) is 6.92 Å². The Hall–Kier alpha value is -2.58. The monoisotopic (exact) mass is 432 g/mol. The predicted octanol–water partition coefficient (Wildman–Crippen LogP) is 2.74. The van der Waals surface area contributed by atoms with Crippen molar-refractivity contribution >= 4 is 15.9 Å². The molecule has 0 radical (unpaired) electrons. The highest BCUT2D eigenvalue weighted by atomic mass is 32.2. The van der Waals surface area contributed by atoms with Crippen molar-refractivity contribution < 1.29 is 22.7 Å². The van der Waals surface area contributed by atoms with Crippen LogP contribution in [-0.4, -0.2) is 51.0 Å². The van der Waals surface area contributed by atoms with E-state index >= 15 is 0 Å². The van der Waals surface area contributed by atoms with Gasteiger partial charge in [-0.25, -0.2) is 8.42 Å². The molecule has 1 amide bonds. The van der Waals surface area contributed by atoms with Crippen molar-refractivity contribution in [2.75, 3.05) is 26.2 Å². The van der Waals surface area contributed by atoms with Gasteiger partial charge in [-0.15, -0.1) is 0 Å². The molecule has 1 saturated heterocycles. The summed E-state index contributed by atoms with van der Waals surface area (Å²) in [6.45, 7) is 5.41. The highest BCUT2D eigenvalue weighted by molar-refractivity contribution is 7.89. The van der Waals surface area contributed by atoms with Crippen molar-refractivity contribution in [3.05, 3.63) is 54.1 Å². The number of sulfonamides is 1. The van der Waals surface area contributed by atoms with Gasteiger partial charge < -0.3 is 14.8 Å². The van der Waals surface area contributed by atoms with Gasteiger partial charge in [0.1, 0.15) is 18.1 Å². The summed E-state index contributed by atoms with van der Waals surface area (Å²) in [5.41, 5.74) is 1.12. The maximum absolute atomic E-state index is 12.5. The zero-order chi connectivity index (χ0) is 21.6. The van der Waals surface area contributed by atoms with Crippen LogP contribution in [0.15, 0.2) is 53.4 Å². The quantitative estimate of drug-likeness (QED) is 0.616. The number of benzene rings is 2. The number of hydrogen-bond donors (Lipinski definition) is 1. The van der Waals surface area contributed by atoms with Crippen molar-refractivity contribution in [1.29, 1.82) is 0 Å². The lowest BCUT2D eigenvalue weighted by Gasteiger charge is -2.16. The molecule has 0 aliphatic carbocycles. The Kier molecular flexibility index (Phi) is 7.33. The van der Waals surface area contributed by atoms with Gasteiger partial charge in [0.05, 0.1) is 11.4 Å². The summed E-state index contributed by atoms with van der Waals surface area (Å²) in [6.07, 6.45) is 1.18. The molecule has 0 spiro atoms. The lowest BCUT2D eigenvalue weighted by Crippen LogP contribution is -2.38. The number of carbonyl (C=O) groups is 1. The summed E-state index contributed by atoms with van der Waals surface area (Å²) >= 11 is 0. The number of amides is 1. The molecule has 1 aliphatic rings. The first-order valence-electron chi connectivity index (χ1n) is 10.1. The second-order valence-electron chi connectivity index (χ2n) is 7.30. The van der Waals surface area contributed by atoms with E-state index in [9.17, 15) is 13.2 Å². The fourth-order valence-corrected chi connectivity index (χ4v) is 4.66. The zero-order valence-corrected chi connectivity index (χ0v) is 18.2. The van der Waals surface area contributed by atoms with Crippen LogP contribution < -0.4 is 14.8 Å². The van der Waals surface area contributed by atoms with Gasteiger partial charge in [0.15, 0.2) is 6.10 Å². The Morgan fingerprint density at radius 2 is 1.63 bits per heavy atom. The number of rotatable bonds is 9. The lowest BCUT2D eigenvalue weighted by atomic mass is 10.2. The van der Waals surface area contributed by atoms with Crippen LogP contribution in [0.1, 0.15) is 25.3 Å². The minimum absolute atomic E-state index is 0.230. The molecule has 3 rings (SSSR count). The maximum Gasteiger partial charge on any atom is 0.260 e. The molecule has 1 N–H and O–H groups in total. The van der Waals surface area contributed by atoms with Crippen molar-refractivity contribution in [2.24, 2.45) is 0 Å². The molecule has 1 atom stereocenters. The maximum atomic E-state index is 12.5. The summed E-state index contributed by atoms with van der Waals surface area (Å²) in [7, 11) is -3.42. The van der Waals surface area contributed by atoms with Crippen LogP contribution >= 0.6 is 0 Å². The molecule has 0 bridgehead atoms. The van der Waals surface area contributed by atoms with Gasteiger partial charge >= 0.3 is 0 Å². The van der Waals surface area contributed by atoms with Crippen LogP contribution in [0.5, 0.6) is 11.5 Å². The van der Waals surface area contributed by atoms with E-state index in [1.807, 2.05) is 31.2 Å². The minimum atomic E-state index is -3.42. The molecule has 1 heterocycles. The first-order valence-corrected chi connectivity index (χ1v) is 11.5. The molecule has 0 aromatic heterocycles. The molecule has 1 fully saturated rings. The molecule has 30 heavy (non-hydrogen) atoms. The van der Waals surface area contributed by atoms with Gasteiger partial charge in [-0.1, -0.05) is 17.7 Å². The molecule has 162 valence electrons. The third-order valence-electron chi connectivity index (χ3n) is 4.90. The second-order valence-corrected chi connectivity index (χ2v) is 9.23. The van der Waals surface area contributed by atoms with Gasteiger partial charge in [-0.05, 0) is 63.1 Å². The molecule has 1 unspecified atom stereocenters. The summed E-state index contributed by atoms with van der Waals surface area (Å²) in [5.74, 6) is 0.961. The average molecular weight is 433 g/mol. The van der Waals surface area contributed by atoms with Gasteiger partial charge in [-0.3, -0.25) is 4.79 Å². The molecule has 8 heteroatoms. The molecular weight excluding hydrogens is 404 g/mol. The van der Waals surface area contributed by atoms with Gasteiger partial charge in [-0.2, -0.15) is 4.31 Å². The molecule has 2 aromatic carbocycles. The fraction of sp³-hybridized carbons (Fsp3) is 0.409. The zero-order valence-electron chi connectivity index (χ0n) is 17.3. The average Bonchev–Trinajstić information content (AvgIpc) is 3.29. The lowest BCUT2D eigenvalue weighted by molar-refractivity contribution is -0.127. The van der Waals surface area contributed by atoms with Crippen LogP contribution in [0.4, 0.5) is 0 Å². The third kappa shape index (κ3) is 5.73. The van der Waals surface area contributed by atoms with Crippen LogP contribution in [0.25, 0.3) is 0 Å². The molecule has 0 saturated carbocycles. The number of nitrogens with zero attached hydrogens (tertiary/aromatic N) is 1. The summed E-state index contributed by atoms with van der Waals surface area (Å²) in [5, 5.41) is 2.77. The van der Waals surface area contributed by atoms with E-state index in [0.29, 0.717) is 31.1 Å². The van der Waals surface area contributed by atoms with E-state index in [0.717, 1.165) is 18.4 Å². The summed E-state index contributed by atoms with van der Waals surface area (Å²) in [4.78, 5) is 12.4. The Bertz CT molecular complexity index is 936. The molecule has 2 aromatic rings. The minimum Gasteiger partial charge on any atom is -0.492 e. The van der Waals surface area contributed by atoms with E-state index in [4.69, 9.17) is 9.47 Å². The predicted molar refractivity (Wildman–Crippen MR) is 114 cm³/mol. The topological polar surface area (TPSA) is 84.9 Å². The van der Waals surface area contributed by atoms with Gasteiger partial charge in [0.25, 0.3) is 5.91 Å². The standard InChI is InChI=1S/C22H28N2O5S/c1-17-5-7-20(8-6-17)29-18(2)22(25)23-13-16-28-19-9-11-21(12-10-19)30(26,27)24-14-3-4-15-24/h5-12,18H,3-4,13-16H2,1-2H3,(H,23,25). The number of carbonyl (C=O) groups excluding carboxylic acids is 1. The fourth-order valence-electron chi connectivity index (χ4n) is 3.15. The van der Waals surface area contributed by atoms with E-state index < -0.39 is 16.1 Å². The van der Waals surface area contributed by atoms with E-state index in [1.165, 1.54) is 4.31 Å². The third-order valence-corrected chi connectivity index (χ3v) is 6.81. The van der Waals surface area contributed by atoms with Crippen molar-refractivity contribution in [3.63, 3.8) is 0 Å². The number of ether oxygens (including phenoxy) is 2. The normalized spacial score (nSPS) is 15.5. The van der Waals surface area contributed by atoms with Gasteiger partial charge in [0, 0.05) is 13.1 Å². The Morgan fingerprint density at radius 1 is 1.03 bits per heavy atom. The Labute approximate surface area is 178 Å². The van der Waals surface area contributed by atoms with Crippen molar-refractivity contribution in [3.8, 4) is 11.5 Å². The molecular formula is C22H28N2O5S. The highest BCUT2D eigenvalue weighted by Gasteiger charge is 2.26. The van der Waals surface area contributed by atoms with E-state index in [-0.39, 0.29) is 17.4 Å². The van der Waals surface area contributed by atoms with Crippen LogP contribution in [0.3, 0.4) is 0 Å². The first kappa shape index (κ1) is 22.1. The second kappa shape index (κ2) is 9.95. The summed E-state index contributed by atoms with van der Waals surface area (Å²) in [6, 6.07) is 13.9. The Morgan fingerprint density at radius 3 is 2.27 bits per heavy atom. The highest BCUT2D eigenvalue weighted by Crippen LogP contribution is 2.22. The van der Waals surface area contributed by atoms with Crippen LogP contribution in [0.2, 0.25) is 0 Å². The SMILES string of the molecule is Cc1ccc(OC(C)C(=O)NCCOc2ccc(S(=O)(=O)N3CCCC3)cc2)cc1. The number of nitrogens with one attached hydrogen (secondary N) is 1. The van der Waals surface area contributed by atoms with Gasteiger partial charge in [0.2, 0.25) is 10.0 Å².